The van der Waals surface area contributed by atoms with E-state index in [1.54, 1.807) is 48.5 Å². The second-order valence-electron chi connectivity index (χ2n) is 9.97. The number of alkyl halides is 4. The molecule has 0 aliphatic heterocycles. The normalized spacial score (nSPS) is 12.8. The molecular weight excluding hydrogens is 600 g/mol. The monoisotopic (exact) mass is 623 g/mol. The first-order chi connectivity index (χ1) is 21.5. The topological polar surface area (TPSA) is 86.0 Å². The van der Waals surface area contributed by atoms with Gasteiger partial charge in [0, 0.05) is 35.4 Å². The van der Waals surface area contributed by atoms with Crippen molar-refractivity contribution in [2.45, 2.75) is 37.5 Å². The van der Waals surface area contributed by atoms with Crippen LogP contribution in [0.2, 0.25) is 0 Å². The van der Waals surface area contributed by atoms with E-state index in [2.05, 4.69) is 32.4 Å². The maximum absolute atomic E-state index is 15.9. The molecule has 0 aliphatic rings. The van der Waals surface area contributed by atoms with Gasteiger partial charge in [0.2, 0.25) is 6.43 Å². The van der Waals surface area contributed by atoms with Crippen LogP contribution in [0.5, 0.6) is 5.75 Å². The summed E-state index contributed by atoms with van der Waals surface area (Å²) in [7, 11) is 0. The van der Waals surface area contributed by atoms with Crippen LogP contribution in [-0.4, -0.2) is 36.7 Å². The number of hydrogen-bond acceptors (Lipinski definition) is 6. The fourth-order valence-corrected chi connectivity index (χ4v) is 4.43. The van der Waals surface area contributed by atoms with E-state index < -0.39 is 47.4 Å². The minimum absolute atomic E-state index is 0.237. The van der Waals surface area contributed by atoms with E-state index in [4.69, 9.17) is 4.74 Å². The van der Waals surface area contributed by atoms with Gasteiger partial charge < -0.3 is 9.84 Å². The summed E-state index contributed by atoms with van der Waals surface area (Å²) in [5.74, 6) is -0.330. The van der Waals surface area contributed by atoms with Gasteiger partial charge in [0.05, 0.1) is 6.54 Å². The van der Waals surface area contributed by atoms with Crippen molar-refractivity contribution in [2.75, 3.05) is 0 Å². The number of tetrazole rings is 1. The maximum atomic E-state index is 15.9. The van der Waals surface area contributed by atoms with Gasteiger partial charge in [-0.15, -0.1) is 5.10 Å². The first-order valence-electron chi connectivity index (χ1n) is 13.4. The van der Waals surface area contributed by atoms with Crippen molar-refractivity contribution >= 4 is 0 Å². The third kappa shape index (κ3) is 7.30. The van der Waals surface area contributed by atoms with E-state index in [1.165, 1.54) is 6.07 Å². The zero-order valence-electron chi connectivity index (χ0n) is 23.2. The van der Waals surface area contributed by atoms with E-state index >= 15 is 8.78 Å². The Bertz CT molecular complexity index is 1790. The Morgan fingerprint density at radius 1 is 0.867 bits per heavy atom. The second kappa shape index (κ2) is 13.2. The molecule has 2 aromatic heterocycles. The predicted molar refractivity (Wildman–Crippen MR) is 149 cm³/mol. The molecule has 5 rings (SSSR count). The number of hydrogen-bond donors (Lipinski definition) is 1. The molecule has 7 nitrogen and oxygen atoms in total. The van der Waals surface area contributed by atoms with Crippen LogP contribution in [0.3, 0.4) is 0 Å². The molecule has 0 bridgehead atoms. The molecule has 5 aromatic rings. The largest absolute Gasteiger partial charge is 0.489 e. The molecule has 3 aromatic carbocycles. The highest BCUT2D eigenvalue weighted by Gasteiger charge is 2.58. The van der Waals surface area contributed by atoms with Gasteiger partial charge in [-0.3, -0.25) is 4.98 Å². The number of rotatable bonds is 10. The molecule has 0 amide bonds. The first kappa shape index (κ1) is 31.2. The molecule has 0 spiro atoms. The van der Waals surface area contributed by atoms with E-state index in [1.807, 2.05) is 0 Å². The SMILES string of the molecule is OC(Cn1cnnn1)(c1ccc(F)cc1F)C(F)(F)c1ccc(C#Cc2ccc(OCc3ccc(CC(F)F)cc3)cc2)cn1. The zero-order chi connectivity index (χ0) is 32.0. The highest BCUT2D eigenvalue weighted by molar-refractivity contribution is 5.44. The van der Waals surface area contributed by atoms with Crippen molar-refractivity contribution in [2.24, 2.45) is 0 Å². The van der Waals surface area contributed by atoms with Gasteiger partial charge in [-0.05, 0) is 70.1 Å². The molecule has 1 N–H and O–H groups in total. The molecule has 13 heteroatoms. The lowest BCUT2D eigenvalue weighted by Gasteiger charge is -2.35. The van der Waals surface area contributed by atoms with Crippen LogP contribution in [0.25, 0.3) is 0 Å². The molecule has 0 aliphatic carbocycles. The molecule has 2 heterocycles. The molecule has 0 saturated carbocycles. The maximum Gasteiger partial charge on any atom is 0.323 e. The Kier molecular flexibility index (Phi) is 9.15. The van der Waals surface area contributed by atoms with Crippen molar-refractivity contribution in [3.63, 3.8) is 0 Å². The minimum Gasteiger partial charge on any atom is -0.489 e. The van der Waals surface area contributed by atoms with Gasteiger partial charge in [0.15, 0.2) is 5.60 Å². The molecule has 1 unspecified atom stereocenters. The van der Waals surface area contributed by atoms with E-state index in [9.17, 15) is 22.7 Å². The third-order valence-corrected chi connectivity index (χ3v) is 6.79. The van der Waals surface area contributed by atoms with Gasteiger partial charge >= 0.3 is 5.92 Å². The van der Waals surface area contributed by atoms with Crippen LogP contribution in [0, 0.1) is 23.5 Å². The summed E-state index contributed by atoms with van der Waals surface area (Å²) in [6.07, 6.45) is -0.663. The Labute approximate surface area is 253 Å². The minimum atomic E-state index is -4.19. The summed E-state index contributed by atoms with van der Waals surface area (Å²) >= 11 is 0. The van der Waals surface area contributed by atoms with E-state index in [0.29, 0.717) is 22.9 Å². The van der Waals surface area contributed by atoms with Crippen LogP contribution >= 0.6 is 0 Å². The van der Waals surface area contributed by atoms with Crippen LogP contribution in [0.4, 0.5) is 26.3 Å². The molecule has 0 fully saturated rings. The Morgan fingerprint density at radius 3 is 2.18 bits per heavy atom. The van der Waals surface area contributed by atoms with E-state index in [-0.39, 0.29) is 18.6 Å². The van der Waals surface area contributed by atoms with Gasteiger partial charge in [-0.2, -0.15) is 8.78 Å². The number of aromatic nitrogens is 5. The van der Waals surface area contributed by atoms with Crippen molar-refractivity contribution < 1.29 is 36.2 Å². The third-order valence-electron chi connectivity index (χ3n) is 6.79. The molecule has 0 saturated heterocycles. The number of halogens is 6. The molecule has 45 heavy (non-hydrogen) atoms. The quantitative estimate of drug-likeness (QED) is 0.156. The highest BCUT2D eigenvalue weighted by Crippen LogP contribution is 2.46. The van der Waals surface area contributed by atoms with Gasteiger partial charge in [0.1, 0.15) is 36.0 Å². The summed E-state index contributed by atoms with van der Waals surface area (Å²) < 4.78 is 91.5. The summed E-state index contributed by atoms with van der Waals surface area (Å²) in [4.78, 5) is 3.79. The smallest absolute Gasteiger partial charge is 0.323 e. The molecule has 1 atom stereocenters. The predicted octanol–water partition coefficient (Wildman–Crippen LogP) is 5.81. The molecule has 0 radical (unpaired) electrons. The second-order valence-corrected chi connectivity index (χ2v) is 9.97. The number of aliphatic hydroxyl groups is 1. The lowest BCUT2D eigenvalue weighted by atomic mass is 9.84. The first-order valence-corrected chi connectivity index (χ1v) is 13.4. The summed E-state index contributed by atoms with van der Waals surface area (Å²) in [6, 6.07) is 17.6. The molecule has 230 valence electrons. The fourth-order valence-electron chi connectivity index (χ4n) is 4.43. The van der Waals surface area contributed by atoms with E-state index in [0.717, 1.165) is 41.0 Å². The zero-order valence-corrected chi connectivity index (χ0v) is 23.2. The average molecular weight is 624 g/mol. The molecular formula is C32H23F6N5O2. The fraction of sp³-hybridized carbons (Fsp3) is 0.188. The van der Waals surface area contributed by atoms with Crippen LogP contribution < -0.4 is 4.74 Å². The Balaban J connectivity index is 1.28. The van der Waals surface area contributed by atoms with Crippen LogP contribution in [-0.2, 0) is 31.1 Å². The number of ether oxygens (including phenoxy) is 1. The van der Waals surface area contributed by atoms with Crippen molar-refractivity contribution in [1.29, 1.82) is 0 Å². The van der Waals surface area contributed by atoms with Crippen molar-refractivity contribution in [3.05, 3.63) is 137 Å². The van der Waals surface area contributed by atoms with Gasteiger partial charge in [0.25, 0.3) is 0 Å². The Hall–Kier alpha value is -5.22. The van der Waals surface area contributed by atoms with Gasteiger partial charge in [-0.1, -0.05) is 36.1 Å². The Morgan fingerprint density at radius 2 is 1.56 bits per heavy atom. The lowest BCUT2D eigenvalue weighted by molar-refractivity contribution is -0.207. The average Bonchev–Trinajstić information content (AvgIpc) is 3.53. The van der Waals surface area contributed by atoms with Crippen molar-refractivity contribution in [1.82, 2.24) is 25.2 Å². The highest BCUT2D eigenvalue weighted by atomic mass is 19.3. The summed E-state index contributed by atoms with van der Waals surface area (Å²) in [5.41, 5.74) is -2.78. The summed E-state index contributed by atoms with van der Waals surface area (Å²) in [5, 5.41) is 21.4. The van der Waals surface area contributed by atoms with Gasteiger partial charge in [-0.25, -0.2) is 22.2 Å². The number of benzene rings is 3. The van der Waals surface area contributed by atoms with Crippen LogP contribution in [0.1, 0.15) is 33.5 Å². The standard InChI is InChI=1S/C32H23F6N5O2/c33-25-10-13-27(28(34)16-25)31(44,19-43-20-40-41-42-43)32(37,38)29-14-9-23(17-39-29)4-1-21-7-11-26(12-8-21)45-18-24-5-2-22(3-6-24)15-30(35)36/h2-3,5-14,16-17,20,30,44H,15,18-19H2. The summed E-state index contributed by atoms with van der Waals surface area (Å²) in [6.45, 7) is -0.729. The lowest BCUT2D eigenvalue weighted by Crippen LogP contribution is -2.48. The van der Waals surface area contributed by atoms with Crippen LogP contribution in [0.15, 0.2) is 91.4 Å². The number of nitrogens with zero attached hydrogens (tertiary/aromatic N) is 5. The number of pyridine rings is 1. The van der Waals surface area contributed by atoms with Crippen molar-refractivity contribution in [3.8, 4) is 17.6 Å².